The van der Waals surface area contributed by atoms with Crippen LogP contribution in [0.15, 0.2) is 36.5 Å². The third-order valence-corrected chi connectivity index (χ3v) is 3.77. The van der Waals surface area contributed by atoms with Crippen molar-refractivity contribution in [2.75, 3.05) is 0 Å². The van der Waals surface area contributed by atoms with E-state index in [0.29, 0.717) is 18.2 Å². The molecule has 1 fully saturated rings. The van der Waals surface area contributed by atoms with E-state index in [0.717, 1.165) is 17.7 Å². The maximum atomic E-state index is 10.6. The molecule has 0 unspecified atom stereocenters. The van der Waals surface area contributed by atoms with Crippen molar-refractivity contribution in [2.24, 2.45) is 0 Å². The van der Waals surface area contributed by atoms with Gasteiger partial charge in [0.15, 0.2) is 0 Å². The van der Waals surface area contributed by atoms with Crippen molar-refractivity contribution in [3.05, 3.63) is 47.8 Å². The second kappa shape index (κ2) is 5.90. The van der Waals surface area contributed by atoms with Crippen LogP contribution in [-0.4, -0.2) is 16.1 Å². The molecule has 1 heterocycles. The van der Waals surface area contributed by atoms with E-state index in [1.54, 1.807) is 24.3 Å². The first-order valence-corrected chi connectivity index (χ1v) is 7.07. The molecule has 1 aliphatic rings. The first-order chi connectivity index (χ1) is 9.85. The van der Waals surface area contributed by atoms with Gasteiger partial charge in [-0.25, -0.2) is 0 Å². The summed E-state index contributed by atoms with van der Waals surface area (Å²) in [7, 11) is 0. The van der Waals surface area contributed by atoms with Gasteiger partial charge in [-0.15, -0.1) is 0 Å². The number of carbonyl (C=O) groups is 1. The second-order valence-electron chi connectivity index (χ2n) is 5.20. The molecule has 1 saturated carbocycles. The second-order valence-corrected chi connectivity index (χ2v) is 5.20. The predicted octanol–water partition coefficient (Wildman–Crippen LogP) is 3.39. The molecule has 0 radical (unpaired) electrons. The summed E-state index contributed by atoms with van der Waals surface area (Å²) in [6, 6.07) is 9.68. The van der Waals surface area contributed by atoms with E-state index in [9.17, 15) is 4.79 Å². The predicted molar refractivity (Wildman–Crippen MR) is 75.9 cm³/mol. The molecule has 4 nitrogen and oxygen atoms in total. The Labute approximate surface area is 118 Å². The molecule has 0 amide bonds. The lowest BCUT2D eigenvalue weighted by atomic mass is 10.2. The van der Waals surface area contributed by atoms with Gasteiger partial charge in [0.1, 0.15) is 18.6 Å². The van der Waals surface area contributed by atoms with Gasteiger partial charge in [-0.2, -0.15) is 5.10 Å². The maximum Gasteiger partial charge on any atom is 0.150 e. The van der Waals surface area contributed by atoms with E-state index in [4.69, 9.17) is 4.74 Å². The van der Waals surface area contributed by atoms with Crippen LogP contribution in [0.2, 0.25) is 0 Å². The van der Waals surface area contributed by atoms with Crippen molar-refractivity contribution >= 4 is 6.29 Å². The van der Waals surface area contributed by atoms with Gasteiger partial charge in [-0.05, 0) is 43.2 Å². The number of aromatic nitrogens is 2. The fourth-order valence-corrected chi connectivity index (χ4v) is 2.63. The smallest absolute Gasteiger partial charge is 0.150 e. The lowest BCUT2D eigenvalue weighted by Gasteiger charge is -2.09. The average molecular weight is 270 g/mol. The minimum absolute atomic E-state index is 0.458. The van der Waals surface area contributed by atoms with Gasteiger partial charge in [0.2, 0.25) is 0 Å². The van der Waals surface area contributed by atoms with Crippen molar-refractivity contribution in [3.8, 4) is 5.75 Å². The molecule has 1 aliphatic carbocycles. The van der Waals surface area contributed by atoms with Gasteiger partial charge >= 0.3 is 0 Å². The van der Waals surface area contributed by atoms with Crippen LogP contribution in [-0.2, 0) is 6.61 Å². The zero-order valence-electron chi connectivity index (χ0n) is 11.4. The minimum Gasteiger partial charge on any atom is -0.487 e. The molecule has 0 saturated heterocycles. The average Bonchev–Trinajstić information content (AvgIpc) is 3.16. The Morgan fingerprint density at radius 1 is 1.20 bits per heavy atom. The number of hydrogen-bond donors (Lipinski definition) is 0. The largest absolute Gasteiger partial charge is 0.487 e. The van der Waals surface area contributed by atoms with Crippen LogP contribution in [0.1, 0.15) is 47.8 Å². The number of ether oxygens (including phenoxy) is 1. The van der Waals surface area contributed by atoms with Crippen molar-refractivity contribution in [3.63, 3.8) is 0 Å². The molecular formula is C16H18N2O2. The van der Waals surface area contributed by atoms with Crippen LogP contribution >= 0.6 is 0 Å². The van der Waals surface area contributed by atoms with Gasteiger partial charge < -0.3 is 4.74 Å². The van der Waals surface area contributed by atoms with Gasteiger partial charge in [0.05, 0.1) is 11.7 Å². The Bertz CT molecular complexity index is 568. The molecule has 4 heteroatoms. The maximum absolute atomic E-state index is 10.6. The highest BCUT2D eigenvalue weighted by Gasteiger charge is 2.17. The van der Waals surface area contributed by atoms with E-state index in [1.807, 2.05) is 12.3 Å². The normalized spacial score (nSPS) is 15.4. The van der Waals surface area contributed by atoms with Crippen LogP contribution in [0.25, 0.3) is 0 Å². The van der Waals surface area contributed by atoms with Gasteiger partial charge in [0, 0.05) is 11.8 Å². The summed E-state index contributed by atoms with van der Waals surface area (Å²) >= 11 is 0. The SMILES string of the molecule is O=Cc1ccc(OCc2ccn(C3CCCC3)n2)cc1. The van der Waals surface area contributed by atoms with Crippen molar-refractivity contribution in [1.29, 1.82) is 0 Å². The van der Waals surface area contributed by atoms with Crippen LogP contribution in [0, 0.1) is 0 Å². The molecule has 0 aliphatic heterocycles. The lowest BCUT2D eigenvalue weighted by Crippen LogP contribution is -2.06. The highest BCUT2D eigenvalue weighted by molar-refractivity contribution is 5.74. The lowest BCUT2D eigenvalue weighted by molar-refractivity contribution is 0.112. The Kier molecular flexibility index (Phi) is 3.81. The van der Waals surface area contributed by atoms with Gasteiger partial charge in [-0.3, -0.25) is 9.48 Å². The van der Waals surface area contributed by atoms with E-state index >= 15 is 0 Å². The molecule has 0 spiro atoms. The standard InChI is InChI=1S/C16H18N2O2/c19-11-13-5-7-16(8-6-13)20-12-14-9-10-18(17-14)15-3-1-2-4-15/h5-11,15H,1-4,12H2. The number of hydrogen-bond acceptors (Lipinski definition) is 3. The minimum atomic E-state index is 0.458. The molecule has 0 N–H and O–H groups in total. The number of nitrogens with zero attached hydrogens (tertiary/aromatic N) is 2. The quantitative estimate of drug-likeness (QED) is 0.782. The summed E-state index contributed by atoms with van der Waals surface area (Å²) in [5.41, 5.74) is 1.60. The molecule has 0 bridgehead atoms. The van der Waals surface area contributed by atoms with Crippen molar-refractivity contribution < 1.29 is 9.53 Å². The zero-order valence-corrected chi connectivity index (χ0v) is 11.4. The third kappa shape index (κ3) is 2.90. The van der Waals surface area contributed by atoms with Gasteiger partial charge in [0.25, 0.3) is 0 Å². The number of carbonyl (C=O) groups excluding carboxylic acids is 1. The molecule has 1 aromatic heterocycles. The Morgan fingerprint density at radius 2 is 1.95 bits per heavy atom. The fourth-order valence-electron chi connectivity index (χ4n) is 2.63. The van der Waals surface area contributed by atoms with Crippen molar-refractivity contribution in [1.82, 2.24) is 9.78 Å². The van der Waals surface area contributed by atoms with Crippen LogP contribution in [0.3, 0.4) is 0 Å². The molecule has 0 atom stereocenters. The topological polar surface area (TPSA) is 44.1 Å². The Balaban J connectivity index is 1.58. The Morgan fingerprint density at radius 3 is 2.65 bits per heavy atom. The highest BCUT2D eigenvalue weighted by Crippen LogP contribution is 2.28. The molecule has 1 aromatic carbocycles. The number of aldehydes is 1. The summed E-state index contributed by atoms with van der Waals surface area (Å²) in [6.45, 7) is 0.458. The van der Waals surface area contributed by atoms with Crippen LogP contribution in [0.4, 0.5) is 0 Å². The first kappa shape index (κ1) is 12.9. The molecular weight excluding hydrogens is 252 g/mol. The first-order valence-electron chi connectivity index (χ1n) is 7.07. The van der Waals surface area contributed by atoms with E-state index in [2.05, 4.69) is 9.78 Å². The highest BCUT2D eigenvalue weighted by atomic mass is 16.5. The van der Waals surface area contributed by atoms with E-state index < -0.39 is 0 Å². The number of benzene rings is 1. The summed E-state index contributed by atoms with van der Waals surface area (Å²) in [4.78, 5) is 10.6. The van der Waals surface area contributed by atoms with Crippen LogP contribution < -0.4 is 4.74 Å². The van der Waals surface area contributed by atoms with E-state index in [-0.39, 0.29) is 0 Å². The third-order valence-electron chi connectivity index (χ3n) is 3.77. The summed E-state index contributed by atoms with van der Waals surface area (Å²) in [6.07, 6.45) is 7.94. The molecule has 3 rings (SSSR count). The molecule has 104 valence electrons. The monoisotopic (exact) mass is 270 g/mol. The summed E-state index contributed by atoms with van der Waals surface area (Å²) in [5.74, 6) is 0.756. The summed E-state index contributed by atoms with van der Waals surface area (Å²) < 4.78 is 7.75. The summed E-state index contributed by atoms with van der Waals surface area (Å²) in [5, 5.41) is 4.58. The Hall–Kier alpha value is -2.10. The molecule has 20 heavy (non-hydrogen) atoms. The van der Waals surface area contributed by atoms with Crippen LogP contribution in [0.5, 0.6) is 5.75 Å². The van der Waals surface area contributed by atoms with E-state index in [1.165, 1.54) is 25.7 Å². The number of rotatable bonds is 5. The van der Waals surface area contributed by atoms with Crippen molar-refractivity contribution in [2.45, 2.75) is 38.3 Å². The molecule has 2 aromatic rings. The van der Waals surface area contributed by atoms with Gasteiger partial charge in [-0.1, -0.05) is 12.8 Å². The zero-order chi connectivity index (χ0) is 13.8. The fraction of sp³-hybridized carbons (Fsp3) is 0.375.